The normalized spacial score (nSPS) is 15.9. The molecule has 132 valence electrons. The minimum absolute atomic E-state index is 0.0846. The molecule has 3 N–H and O–H groups in total. The zero-order valence-corrected chi connectivity index (χ0v) is 14.1. The summed E-state index contributed by atoms with van der Waals surface area (Å²) in [6, 6.07) is 6.94. The van der Waals surface area contributed by atoms with Gasteiger partial charge in [-0.2, -0.15) is 0 Å². The number of benzene rings is 1. The molecule has 7 nitrogen and oxygen atoms in total. The number of rotatable bonds is 7. The molecule has 2 amide bonds. The van der Waals surface area contributed by atoms with Crippen molar-refractivity contribution < 1.29 is 14.7 Å². The van der Waals surface area contributed by atoms with Crippen molar-refractivity contribution in [2.45, 2.75) is 6.92 Å². The van der Waals surface area contributed by atoms with Gasteiger partial charge < -0.3 is 15.7 Å². The van der Waals surface area contributed by atoms with Crippen LogP contribution in [0.25, 0.3) is 0 Å². The van der Waals surface area contributed by atoms with Gasteiger partial charge in [-0.15, -0.1) is 0 Å². The van der Waals surface area contributed by atoms with Gasteiger partial charge in [0.25, 0.3) is 5.91 Å². The van der Waals surface area contributed by atoms with Crippen molar-refractivity contribution in [2.24, 2.45) is 0 Å². The molecular formula is C17H26N4O3. The predicted molar refractivity (Wildman–Crippen MR) is 93.0 cm³/mol. The first-order valence-electron chi connectivity index (χ1n) is 8.36. The van der Waals surface area contributed by atoms with Crippen LogP contribution in [0.3, 0.4) is 0 Å². The fourth-order valence-corrected chi connectivity index (χ4v) is 2.72. The highest BCUT2D eigenvalue weighted by atomic mass is 16.3. The van der Waals surface area contributed by atoms with E-state index < -0.39 is 0 Å². The maximum Gasteiger partial charge on any atom is 0.251 e. The molecule has 1 aromatic carbocycles. The van der Waals surface area contributed by atoms with E-state index in [2.05, 4.69) is 20.4 Å². The van der Waals surface area contributed by atoms with Gasteiger partial charge in [0, 0.05) is 50.5 Å². The molecule has 1 saturated heterocycles. The Bertz CT molecular complexity index is 557. The van der Waals surface area contributed by atoms with Gasteiger partial charge in [-0.1, -0.05) is 6.07 Å². The third kappa shape index (κ3) is 5.59. The van der Waals surface area contributed by atoms with Crippen LogP contribution in [-0.4, -0.2) is 79.1 Å². The summed E-state index contributed by atoms with van der Waals surface area (Å²) in [5.74, 6) is -0.229. The number of hydrogen-bond acceptors (Lipinski definition) is 5. The van der Waals surface area contributed by atoms with Crippen LogP contribution in [-0.2, 0) is 4.79 Å². The summed E-state index contributed by atoms with van der Waals surface area (Å²) in [6.45, 7) is 6.97. The lowest BCUT2D eigenvalue weighted by Gasteiger charge is -2.33. The molecule has 0 aromatic heterocycles. The summed E-state index contributed by atoms with van der Waals surface area (Å²) in [5, 5.41) is 14.5. The van der Waals surface area contributed by atoms with Crippen LogP contribution < -0.4 is 10.6 Å². The average molecular weight is 334 g/mol. The first-order chi connectivity index (χ1) is 11.6. The number of amides is 2. The molecule has 1 aliphatic rings. The van der Waals surface area contributed by atoms with Crippen molar-refractivity contribution in [3.8, 4) is 0 Å². The maximum absolute atomic E-state index is 12.2. The second-order valence-corrected chi connectivity index (χ2v) is 5.83. The topological polar surface area (TPSA) is 84.9 Å². The monoisotopic (exact) mass is 334 g/mol. The molecule has 0 aliphatic carbocycles. The first-order valence-corrected chi connectivity index (χ1v) is 8.36. The van der Waals surface area contributed by atoms with E-state index in [-0.39, 0.29) is 18.4 Å². The van der Waals surface area contributed by atoms with Crippen LogP contribution in [0.1, 0.15) is 17.3 Å². The summed E-state index contributed by atoms with van der Waals surface area (Å²) in [6.07, 6.45) is 0. The van der Waals surface area contributed by atoms with Crippen molar-refractivity contribution in [2.75, 3.05) is 57.7 Å². The van der Waals surface area contributed by atoms with Gasteiger partial charge in [0.05, 0.1) is 13.2 Å². The predicted octanol–water partition coefficient (Wildman–Crippen LogP) is -0.0153. The fourth-order valence-electron chi connectivity index (χ4n) is 2.72. The highest BCUT2D eigenvalue weighted by Crippen LogP contribution is 2.11. The summed E-state index contributed by atoms with van der Waals surface area (Å²) >= 11 is 0. The second-order valence-electron chi connectivity index (χ2n) is 5.83. The Labute approximate surface area is 142 Å². The van der Waals surface area contributed by atoms with Crippen LogP contribution in [0.5, 0.6) is 0 Å². The molecule has 0 bridgehead atoms. The van der Waals surface area contributed by atoms with Gasteiger partial charge in [0.2, 0.25) is 5.91 Å². The SMILES string of the molecule is CCNC(=O)c1cccc(NC(=O)CN2CCN(CCO)CC2)c1. The smallest absolute Gasteiger partial charge is 0.251 e. The Balaban J connectivity index is 1.82. The molecular weight excluding hydrogens is 308 g/mol. The molecule has 7 heteroatoms. The number of carbonyl (C=O) groups is 2. The molecule has 0 spiro atoms. The molecule has 24 heavy (non-hydrogen) atoms. The number of piperazine rings is 1. The summed E-state index contributed by atoms with van der Waals surface area (Å²) in [5.41, 5.74) is 1.16. The van der Waals surface area contributed by atoms with E-state index in [4.69, 9.17) is 5.11 Å². The average Bonchev–Trinajstić information content (AvgIpc) is 2.57. The molecule has 2 rings (SSSR count). The third-order valence-corrected chi connectivity index (χ3v) is 3.99. The van der Waals surface area contributed by atoms with Crippen LogP contribution in [0.15, 0.2) is 24.3 Å². The Hall–Kier alpha value is -1.96. The Morgan fingerprint density at radius 2 is 1.88 bits per heavy atom. The largest absolute Gasteiger partial charge is 0.395 e. The number of hydrogen-bond donors (Lipinski definition) is 3. The highest BCUT2D eigenvalue weighted by Gasteiger charge is 2.18. The van der Waals surface area contributed by atoms with E-state index in [9.17, 15) is 9.59 Å². The van der Waals surface area contributed by atoms with Gasteiger partial charge in [0.1, 0.15) is 0 Å². The highest BCUT2D eigenvalue weighted by molar-refractivity contribution is 5.97. The third-order valence-electron chi connectivity index (χ3n) is 3.99. The van der Waals surface area contributed by atoms with Crippen molar-refractivity contribution in [3.63, 3.8) is 0 Å². The standard InChI is InChI=1S/C17H26N4O3/c1-2-18-17(24)14-4-3-5-15(12-14)19-16(23)13-21-8-6-20(7-9-21)10-11-22/h3-5,12,22H,2,6-11,13H2,1H3,(H,18,24)(H,19,23). The van der Waals surface area contributed by atoms with Crippen molar-refractivity contribution in [1.29, 1.82) is 0 Å². The van der Waals surface area contributed by atoms with Gasteiger partial charge >= 0.3 is 0 Å². The molecule has 1 heterocycles. The van der Waals surface area contributed by atoms with Gasteiger partial charge in [0.15, 0.2) is 0 Å². The van der Waals surface area contributed by atoms with Crippen LogP contribution >= 0.6 is 0 Å². The number of anilines is 1. The first kappa shape index (κ1) is 18.4. The quantitative estimate of drug-likeness (QED) is 0.653. The molecule has 1 aliphatic heterocycles. The molecule has 0 saturated carbocycles. The number of aliphatic hydroxyl groups excluding tert-OH is 1. The minimum Gasteiger partial charge on any atom is -0.395 e. The number of β-amino-alcohol motifs (C(OH)–C–C–N with tert-alkyl or cyclic N) is 1. The van der Waals surface area contributed by atoms with Crippen LogP contribution in [0.2, 0.25) is 0 Å². The number of nitrogens with zero attached hydrogens (tertiary/aromatic N) is 2. The van der Waals surface area contributed by atoms with E-state index in [0.717, 1.165) is 26.2 Å². The van der Waals surface area contributed by atoms with Gasteiger partial charge in [-0.25, -0.2) is 0 Å². The van der Waals surface area contributed by atoms with E-state index in [1.807, 2.05) is 6.92 Å². The molecule has 0 unspecified atom stereocenters. The second kappa shape index (κ2) is 9.36. The molecule has 0 atom stereocenters. The number of nitrogens with one attached hydrogen (secondary N) is 2. The zero-order chi connectivity index (χ0) is 17.4. The van der Waals surface area contributed by atoms with Gasteiger partial charge in [-0.3, -0.25) is 19.4 Å². The lowest BCUT2D eigenvalue weighted by Crippen LogP contribution is -2.49. The van der Waals surface area contributed by atoms with Crippen molar-refractivity contribution >= 4 is 17.5 Å². The lowest BCUT2D eigenvalue weighted by atomic mass is 10.2. The Morgan fingerprint density at radius 1 is 1.17 bits per heavy atom. The van der Waals surface area contributed by atoms with Crippen molar-refractivity contribution in [3.05, 3.63) is 29.8 Å². The van der Waals surface area contributed by atoms with E-state index in [1.165, 1.54) is 0 Å². The summed E-state index contributed by atoms with van der Waals surface area (Å²) in [7, 11) is 0. The number of carbonyl (C=O) groups excluding carboxylic acids is 2. The summed E-state index contributed by atoms with van der Waals surface area (Å²) < 4.78 is 0. The van der Waals surface area contributed by atoms with Crippen LogP contribution in [0.4, 0.5) is 5.69 Å². The van der Waals surface area contributed by atoms with Crippen LogP contribution in [0, 0.1) is 0 Å². The van der Waals surface area contributed by atoms with E-state index in [1.54, 1.807) is 24.3 Å². The maximum atomic E-state index is 12.2. The molecule has 1 fully saturated rings. The molecule has 1 aromatic rings. The Kier molecular flexibility index (Phi) is 7.17. The fraction of sp³-hybridized carbons (Fsp3) is 0.529. The van der Waals surface area contributed by atoms with E-state index in [0.29, 0.717) is 30.9 Å². The minimum atomic E-state index is -0.145. The Morgan fingerprint density at radius 3 is 2.54 bits per heavy atom. The van der Waals surface area contributed by atoms with E-state index >= 15 is 0 Å². The van der Waals surface area contributed by atoms with Gasteiger partial charge in [-0.05, 0) is 25.1 Å². The van der Waals surface area contributed by atoms with Crippen molar-refractivity contribution in [1.82, 2.24) is 15.1 Å². The lowest BCUT2D eigenvalue weighted by molar-refractivity contribution is -0.117. The number of aliphatic hydroxyl groups is 1. The summed E-state index contributed by atoms with van der Waals surface area (Å²) in [4.78, 5) is 28.3. The molecule has 0 radical (unpaired) electrons. The zero-order valence-electron chi connectivity index (χ0n) is 14.1.